The van der Waals surface area contributed by atoms with Gasteiger partial charge in [0, 0.05) is 31.0 Å². The molecule has 0 spiro atoms. The number of ether oxygens (including phenoxy) is 1. The van der Waals surface area contributed by atoms with Crippen molar-refractivity contribution < 1.29 is 14.3 Å². The summed E-state index contributed by atoms with van der Waals surface area (Å²) in [5, 5.41) is 0.689. The first-order valence-corrected chi connectivity index (χ1v) is 10.4. The van der Waals surface area contributed by atoms with E-state index in [0.717, 1.165) is 5.69 Å². The third-order valence-electron chi connectivity index (χ3n) is 5.34. The van der Waals surface area contributed by atoms with Crippen LogP contribution in [0.25, 0.3) is 10.8 Å². The minimum atomic E-state index is -0.430. The van der Waals surface area contributed by atoms with Gasteiger partial charge < -0.3 is 14.2 Å². The van der Waals surface area contributed by atoms with Crippen molar-refractivity contribution in [1.29, 1.82) is 0 Å². The minimum absolute atomic E-state index is 0. The Morgan fingerprint density at radius 3 is 2.61 bits per heavy atom. The molecule has 2 aliphatic heterocycles. The molecule has 31 heavy (non-hydrogen) atoms. The number of aromatic nitrogens is 5. The molecule has 3 aromatic rings. The minimum Gasteiger partial charge on any atom is -0.447 e. The van der Waals surface area contributed by atoms with Gasteiger partial charge in [-0.15, -0.1) is 12.4 Å². The van der Waals surface area contributed by atoms with Gasteiger partial charge >= 0.3 is 6.09 Å². The second kappa shape index (κ2) is 8.23. The van der Waals surface area contributed by atoms with Crippen LogP contribution in [0.3, 0.4) is 0 Å². The molecule has 10 nitrogen and oxygen atoms in total. The fraction of sp³-hybridized carbons (Fsp3) is 0.368. The van der Waals surface area contributed by atoms with E-state index in [4.69, 9.17) is 9.72 Å². The highest BCUT2D eigenvalue weighted by atomic mass is 35.5. The zero-order chi connectivity index (χ0) is 20.8. The molecule has 0 radical (unpaired) electrons. The Morgan fingerprint density at radius 1 is 1.19 bits per heavy atom. The molecular weight excluding hydrogens is 442 g/mol. The molecular formula is C19H20ClN7O3S. The van der Waals surface area contributed by atoms with E-state index in [-0.39, 0.29) is 24.4 Å². The van der Waals surface area contributed by atoms with E-state index in [1.165, 1.54) is 16.4 Å². The second-order valence-electron chi connectivity index (χ2n) is 7.12. The molecule has 1 unspecified atom stereocenters. The Balaban J connectivity index is 0.00000231. The summed E-state index contributed by atoms with van der Waals surface area (Å²) in [5.41, 5.74) is 1.37. The molecule has 2 aliphatic rings. The van der Waals surface area contributed by atoms with Crippen LogP contribution in [0.4, 0.5) is 10.6 Å². The topological polar surface area (TPSA) is 106 Å². The van der Waals surface area contributed by atoms with E-state index in [9.17, 15) is 9.59 Å². The summed E-state index contributed by atoms with van der Waals surface area (Å²) < 4.78 is 11.4. The van der Waals surface area contributed by atoms with Crippen LogP contribution >= 0.6 is 23.9 Å². The smallest absolute Gasteiger partial charge is 0.415 e. The summed E-state index contributed by atoms with van der Waals surface area (Å²) in [7, 11) is 0. The number of pyridine rings is 1. The number of carbonyl (C=O) groups is 2. The number of hydrogen-bond donors (Lipinski definition) is 0. The normalized spacial score (nSPS) is 17.9. The summed E-state index contributed by atoms with van der Waals surface area (Å²) in [6.07, 6.45) is 2.78. The van der Waals surface area contributed by atoms with Crippen LogP contribution in [0.1, 0.15) is 34.8 Å². The van der Waals surface area contributed by atoms with Crippen LogP contribution in [-0.2, 0) is 11.3 Å². The fourth-order valence-electron chi connectivity index (χ4n) is 3.91. The SMILES string of the molecule is Cc1nsc(-c2nc(N3CCOC3=O)c3n2CCN(C(=O)c2ccncc2)C3C)n1.Cl. The van der Waals surface area contributed by atoms with E-state index in [1.807, 2.05) is 18.4 Å². The van der Waals surface area contributed by atoms with Gasteiger partial charge in [-0.3, -0.25) is 14.7 Å². The van der Waals surface area contributed by atoms with E-state index in [2.05, 4.69) is 14.3 Å². The number of nitrogens with zero attached hydrogens (tertiary/aromatic N) is 7. The highest BCUT2D eigenvalue weighted by Crippen LogP contribution is 2.39. The van der Waals surface area contributed by atoms with Gasteiger partial charge in [-0.05, 0) is 37.5 Å². The van der Waals surface area contributed by atoms with Gasteiger partial charge in [0.2, 0.25) is 0 Å². The third-order valence-corrected chi connectivity index (χ3v) is 6.14. The number of hydrogen-bond acceptors (Lipinski definition) is 8. The standard InChI is InChI=1S/C19H19N7O3S.ClH/c1-11-14-15(26-9-10-29-19(26)28)22-16(17-21-12(2)23-30-17)25(14)8-7-24(11)18(27)13-3-5-20-6-4-13;/h3-6,11H,7-10H2,1-2H3;1H. The number of aryl methyl sites for hydroxylation is 1. The summed E-state index contributed by atoms with van der Waals surface area (Å²) in [6, 6.07) is 3.11. The van der Waals surface area contributed by atoms with Gasteiger partial charge in [0.1, 0.15) is 12.4 Å². The van der Waals surface area contributed by atoms with E-state index >= 15 is 0 Å². The molecule has 0 bridgehead atoms. The number of rotatable bonds is 3. The lowest BCUT2D eigenvalue weighted by Crippen LogP contribution is -2.42. The average molecular weight is 462 g/mol. The number of amides is 2. The van der Waals surface area contributed by atoms with Crippen LogP contribution in [0.2, 0.25) is 0 Å². The number of fused-ring (bicyclic) bond motifs is 1. The predicted octanol–water partition coefficient (Wildman–Crippen LogP) is 2.70. The van der Waals surface area contributed by atoms with Crippen LogP contribution in [-0.4, -0.2) is 60.5 Å². The van der Waals surface area contributed by atoms with Crippen molar-refractivity contribution in [2.75, 3.05) is 24.6 Å². The van der Waals surface area contributed by atoms with Gasteiger partial charge in [0.05, 0.1) is 18.3 Å². The average Bonchev–Trinajstić information content (AvgIpc) is 3.46. The fourth-order valence-corrected chi connectivity index (χ4v) is 4.58. The van der Waals surface area contributed by atoms with Crippen molar-refractivity contribution in [3.63, 3.8) is 0 Å². The van der Waals surface area contributed by atoms with E-state index in [0.29, 0.717) is 54.3 Å². The van der Waals surface area contributed by atoms with Crippen molar-refractivity contribution in [3.8, 4) is 10.8 Å². The lowest BCUT2D eigenvalue weighted by molar-refractivity contribution is 0.0645. The Hall–Kier alpha value is -3.05. The van der Waals surface area contributed by atoms with E-state index < -0.39 is 6.09 Å². The first kappa shape index (κ1) is 21.2. The monoisotopic (exact) mass is 461 g/mol. The number of anilines is 1. The maximum absolute atomic E-state index is 13.1. The van der Waals surface area contributed by atoms with Gasteiger partial charge in [0.15, 0.2) is 16.6 Å². The van der Waals surface area contributed by atoms with Gasteiger partial charge in [-0.25, -0.2) is 14.8 Å². The molecule has 3 aromatic heterocycles. The summed E-state index contributed by atoms with van der Waals surface area (Å²) in [6.45, 7) is 5.57. The zero-order valence-corrected chi connectivity index (χ0v) is 18.5. The molecule has 1 saturated heterocycles. The van der Waals surface area contributed by atoms with Crippen molar-refractivity contribution in [2.45, 2.75) is 26.4 Å². The largest absolute Gasteiger partial charge is 0.447 e. The van der Waals surface area contributed by atoms with Crippen LogP contribution < -0.4 is 4.90 Å². The van der Waals surface area contributed by atoms with Crippen molar-refractivity contribution in [3.05, 3.63) is 41.6 Å². The Morgan fingerprint density at radius 2 is 1.97 bits per heavy atom. The Labute approximate surface area is 188 Å². The molecule has 1 fully saturated rings. The second-order valence-corrected chi connectivity index (χ2v) is 7.87. The Bertz CT molecular complexity index is 1130. The molecule has 2 amide bonds. The molecule has 12 heteroatoms. The highest BCUT2D eigenvalue weighted by Gasteiger charge is 2.38. The highest BCUT2D eigenvalue weighted by molar-refractivity contribution is 7.09. The summed E-state index contributed by atoms with van der Waals surface area (Å²) in [5.74, 6) is 1.77. The molecule has 5 rings (SSSR count). The van der Waals surface area contributed by atoms with E-state index in [1.54, 1.807) is 29.4 Å². The summed E-state index contributed by atoms with van der Waals surface area (Å²) >= 11 is 1.27. The first-order chi connectivity index (χ1) is 14.5. The van der Waals surface area contributed by atoms with Crippen molar-refractivity contribution in [1.82, 2.24) is 28.8 Å². The molecule has 0 N–H and O–H groups in total. The molecule has 1 atom stereocenters. The molecule has 0 aromatic carbocycles. The maximum Gasteiger partial charge on any atom is 0.415 e. The lowest BCUT2D eigenvalue weighted by atomic mass is 10.1. The number of imidazole rings is 1. The zero-order valence-electron chi connectivity index (χ0n) is 16.9. The van der Waals surface area contributed by atoms with Gasteiger partial charge in [-0.2, -0.15) is 4.37 Å². The molecule has 0 saturated carbocycles. The number of carbonyl (C=O) groups excluding carboxylic acids is 2. The van der Waals surface area contributed by atoms with Crippen LogP contribution in [0.5, 0.6) is 0 Å². The van der Waals surface area contributed by atoms with Crippen LogP contribution in [0, 0.1) is 6.92 Å². The number of cyclic esters (lactones) is 1. The molecule has 162 valence electrons. The number of halogens is 1. The molecule has 0 aliphatic carbocycles. The van der Waals surface area contributed by atoms with Gasteiger partial charge in [-0.1, -0.05) is 0 Å². The van der Waals surface area contributed by atoms with Gasteiger partial charge in [0.25, 0.3) is 5.91 Å². The maximum atomic E-state index is 13.1. The quantitative estimate of drug-likeness (QED) is 0.590. The van der Waals surface area contributed by atoms with Crippen molar-refractivity contribution in [2.24, 2.45) is 0 Å². The van der Waals surface area contributed by atoms with Crippen LogP contribution in [0.15, 0.2) is 24.5 Å². The summed E-state index contributed by atoms with van der Waals surface area (Å²) in [4.78, 5) is 42.0. The molecule has 5 heterocycles. The van der Waals surface area contributed by atoms with Crippen molar-refractivity contribution >= 4 is 41.8 Å². The third kappa shape index (κ3) is 3.53. The first-order valence-electron chi connectivity index (χ1n) is 9.61. The lowest BCUT2D eigenvalue weighted by Gasteiger charge is -2.35. The predicted molar refractivity (Wildman–Crippen MR) is 115 cm³/mol. The Kier molecular flexibility index (Phi) is 5.63.